The molecule has 0 bridgehead atoms. The number of rotatable bonds is 2. The van der Waals surface area contributed by atoms with E-state index in [1.54, 1.807) is 11.3 Å². The van der Waals surface area contributed by atoms with Gasteiger partial charge < -0.3 is 4.90 Å². The van der Waals surface area contributed by atoms with Gasteiger partial charge in [-0.15, -0.1) is 11.3 Å². The van der Waals surface area contributed by atoms with Gasteiger partial charge in [-0.1, -0.05) is 6.92 Å². The number of urea groups is 1. The summed E-state index contributed by atoms with van der Waals surface area (Å²) < 4.78 is 0. The van der Waals surface area contributed by atoms with E-state index in [0.29, 0.717) is 12.4 Å². The summed E-state index contributed by atoms with van der Waals surface area (Å²) in [6, 6.07) is 1.98. The van der Waals surface area contributed by atoms with E-state index in [1.807, 2.05) is 4.90 Å². The van der Waals surface area contributed by atoms with Gasteiger partial charge in [0, 0.05) is 11.4 Å². The number of nitrogens with zero attached hydrogens (tertiary/aromatic N) is 1. The monoisotopic (exact) mass is 263 g/mol. The van der Waals surface area contributed by atoms with E-state index in [9.17, 15) is 4.79 Å². The molecule has 2 amide bonds. The third kappa shape index (κ3) is 1.37. The van der Waals surface area contributed by atoms with Crippen LogP contribution in [0.15, 0.2) is 11.4 Å². The molecule has 18 heavy (non-hydrogen) atoms. The molecule has 96 valence electrons. The maximum atomic E-state index is 12.1. The zero-order valence-electron chi connectivity index (χ0n) is 10.5. The van der Waals surface area contributed by atoms with Crippen molar-refractivity contribution in [3.05, 3.63) is 21.9 Å². The highest BCUT2D eigenvalue weighted by Crippen LogP contribution is 2.45. The molecule has 0 saturated carbocycles. The number of nitrogens with one attached hydrogen (secondary N) is 2. The predicted molar refractivity (Wildman–Crippen MR) is 72.2 cm³/mol. The van der Waals surface area contributed by atoms with Crippen molar-refractivity contribution >= 4 is 23.2 Å². The molecular formula is C13H17N3OS. The first-order valence-corrected chi connectivity index (χ1v) is 7.32. The molecule has 0 radical (unpaired) electrons. The van der Waals surface area contributed by atoms with E-state index < -0.39 is 5.54 Å². The van der Waals surface area contributed by atoms with E-state index in [4.69, 9.17) is 5.41 Å². The van der Waals surface area contributed by atoms with Crippen LogP contribution >= 0.6 is 11.3 Å². The molecule has 1 aromatic heterocycles. The highest BCUT2D eigenvalue weighted by molar-refractivity contribution is 7.10. The smallest absolute Gasteiger partial charge is 0.307 e. The van der Waals surface area contributed by atoms with Gasteiger partial charge in [-0.3, -0.25) is 10.7 Å². The second-order valence-corrected chi connectivity index (χ2v) is 5.93. The predicted octanol–water partition coefficient (Wildman–Crippen LogP) is 2.69. The Hall–Kier alpha value is -1.36. The first kappa shape index (κ1) is 11.7. The molecule has 1 unspecified atom stereocenters. The number of fused-ring (bicyclic) bond motifs is 2. The Kier molecular flexibility index (Phi) is 2.66. The van der Waals surface area contributed by atoms with Crippen LogP contribution < -0.4 is 5.32 Å². The van der Waals surface area contributed by atoms with Gasteiger partial charge in [0.05, 0.1) is 0 Å². The summed E-state index contributed by atoms with van der Waals surface area (Å²) >= 11 is 1.75. The van der Waals surface area contributed by atoms with Crippen molar-refractivity contribution in [2.75, 3.05) is 6.54 Å². The Balaban J connectivity index is 2.13. The Morgan fingerprint density at radius 3 is 3.22 bits per heavy atom. The van der Waals surface area contributed by atoms with E-state index in [-0.39, 0.29) is 6.03 Å². The van der Waals surface area contributed by atoms with Crippen LogP contribution in [0.3, 0.4) is 0 Å². The molecule has 1 aromatic rings. The molecule has 1 spiro atoms. The minimum Gasteiger partial charge on any atom is -0.307 e. The van der Waals surface area contributed by atoms with Crippen LogP contribution in [0.4, 0.5) is 4.79 Å². The van der Waals surface area contributed by atoms with Gasteiger partial charge in [-0.25, -0.2) is 4.79 Å². The fourth-order valence-electron chi connectivity index (χ4n) is 3.18. The molecule has 5 heteroatoms. The third-order valence-electron chi connectivity index (χ3n) is 3.93. The van der Waals surface area contributed by atoms with Crippen molar-refractivity contribution in [1.82, 2.24) is 10.2 Å². The molecule has 4 nitrogen and oxygen atoms in total. The van der Waals surface area contributed by atoms with E-state index in [1.165, 1.54) is 10.4 Å². The molecule has 1 atom stereocenters. The van der Waals surface area contributed by atoms with E-state index >= 15 is 0 Å². The van der Waals surface area contributed by atoms with Crippen molar-refractivity contribution < 1.29 is 4.79 Å². The molecule has 2 aliphatic rings. The summed E-state index contributed by atoms with van der Waals surface area (Å²) in [6.07, 6.45) is 3.91. The van der Waals surface area contributed by atoms with Gasteiger partial charge in [0.1, 0.15) is 11.4 Å². The average molecular weight is 263 g/mol. The lowest BCUT2D eigenvalue weighted by molar-refractivity contribution is 0.162. The Labute approximate surface area is 111 Å². The molecule has 1 aliphatic carbocycles. The van der Waals surface area contributed by atoms with Gasteiger partial charge in [0.25, 0.3) is 0 Å². The summed E-state index contributed by atoms with van der Waals surface area (Å²) in [5.41, 5.74) is 0.677. The number of thiophene rings is 1. The average Bonchev–Trinajstić information content (AvgIpc) is 2.90. The zero-order chi connectivity index (χ0) is 12.8. The van der Waals surface area contributed by atoms with Crippen LogP contribution in [-0.4, -0.2) is 23.3 Å². The van der Waals surface area contributed by atoms with Crippen molar-refractivity contribution in [3.63, 3.8) is 0 Å². The van der Waals surface area contributed by atoms with Crippen LogP contribution in [-0.2, 0) is 12.0 Å². The van der Waals surface area contributed by atoms with Crippen LogP contribution in [0.2, 0.25) is 0 Å². The normalized spacial score (nSPS) is 26.6. The van der Waals surface area contributed by atoms with Gasteiger partial charge in [0.15, 0.2) is 0 Å². The van der Waals surface area contributed by atoms with Gasteiger partial charge in [-0.2, -0.15) is 0 Å². The number of amidine groups is 1. The highest BCUT2D eigenvalue weighted by atomic mass is 32.1. The fourth-order valence-corrected chi connectivity index (χ4v) is 4.18. The number of aryl methyl sites for hydroxylation is 1. The second kappa shape index (κ2) is 4.09. The molecule has 1 saturated heterocycles. The number of carbonyl (C=O) groups excluding carboxylic acids is 1. The maximum absolute atomic E-state index is 12.1. The quantitative estimate of drug-likeness (QED) is 0.847. The lowest BCUT2D eigenvalue weighted by atomic mass is 9.78. The Bertz CT molecular complexity index is 510. The molecule has 2 N–H and O–H groups in total. The molecule has 2 heterocycles. The summed E-state index contributed by atoms with van der Waals surface area (Å²) in [5, 5.41) is 13.0. The molecule has 0 aromatic carbocycles. The van der Waals surface area contributed by atoms with Gasteiger partial charge in [-0.05, 0) is 42.7 Å². The van der Waals surface area contributed by atoms with Crippen LogP contribution in [0.1, 0.15) is 36.6 Å². The maximum Gasteiger partial charge on any atom is 0.323 e. The summed E-state index contributed by atoms with van der Waals surface area (Å²) in [7, 11) is 0. The van der Waals surface area contributed by atoms with Crippen molar-refractivity contribution in [3.8, 4) is 0 Å². The molecule has 1 aliphatic heterocycles. The third-order valence-corrected chi connectivity index (χ3v) is 4.91. The minimum absolute atomic E-state index is 0.110. The van der Waals surface area contributed by atoms with Crippen LogP contribution in [0.5, 0.6) is 0 Å². The number of carbonyl (C=O) groups is 1. The number of amides is 2. The summed E-state index contributed by atoms with van der Waals surface area (Å²) in [5.74, 6) is 0.361. The Morgan fingerprint density at radius 2 is 2.44 bits per heavy atom. The molecular weight excluding hydrogens is 246 g/mol. The first-order valence-electron chi connectivity index (χ1n) is 6.44. The fraction of sp³-hybridized carbons (Fsp3) is 0.538. The van der Waals surface area contributed by atoms with E-state index in [2.05, 4.69) is 23.7 Å². The zero-order valence-corrected chi connectivity index (χ0v) is 11.3. The van der Waals surface area contributed by atoms with Crippen molar-refractivity contribution in [2.45, 2.75) is 38.1 Å². The highest BCUT2D eigenvalue weighted by Gasteiger charge is 2.53. The van der Waals surface area contributed by atoms with Crippen LogP contribution in [0.25, 0.3) is 0 Å². The van der Waals surface area contributed by atoms with Crippen LogP contribution in [0, 0.1) is 5.41 Å². The second-order valence-electron chi connectivity index (χ2n) is 4.93. The molecule has 3 rings (SSSR count). The topological polar surface area (TPSA) is 56.2 Å². The Morgan fingerprint density at radius 1 is 1.61 bits per heavy atom. The lowest BCUT2D eigenvalue weighted by Crippen LogP contribution is -2.48. The van der Waals surface area contributed by atoms with Gasteiger partial charge >= 0.3 is 6.03 Å². The number of hydrogen-bond acceptors (Lipinski definition) is 3. The van der Waals surface area contributed by atoms with Gasteiger partial charge in [0.2, 0.25) is 0 Å². The lowest BCUT2D eigenvalue weighted by Gasteiger charge is -2.39. The van der Waals surface area contributed by atoms with Crippen molar-refractivity contribution in [2.24, 2.45) is 0 Å². The van der Waals surface area contributed by atoms with E-state index in [0.717, 1.165) is 25.7 Å². The molecule has 1 fully saturated rings. The SMILES string of the molecule is CCCN1C(=O)NC(=N)C12CCCc1sccc12. The largest absolute Gasteiger partial charge is 0.323 e. The number of hydrogen-bond donors (Lipinski definition) is 2. The summed E-state index contributed by atoms with van der Waals surface area (Å²) in [4.78, 5) is 15.3. The first-order chi connectivity index (χ1) is 8.70. The van der Waals surface area contributed by atoms with Crippen molar-refractivity contribution in [1.29, 1.82) is 5.41 Å². The standard InChI is InChI=1S/C13H17N3OS/c1-2-7-16-12(17)15-11(14)13(16)6-3-4-10-9(13)5-8-18-10/h5,8H,2-4,6-7H2,1H3,(H2,14,15,17). The summed E-state index contributed by atoms with van der Waals surface area (Å²) in [6.45, 7) is 2.78. The minimum atomic E-state index is -0.499.